The molecule has 1 saturated heterocycles. The smallest absolute Gasteiger partial charge is 0.234 e. The van der Waals surface area contributed by atoms with E-state index in [2.05, 4.69) is 46.1 Å². The molecule has 1 saturated carbocycles. The zero-order chi connectivity index (χ0) is 18.7. The Hall–Kier alpha value is -1.44. The summed E-state index contributed by atoms with van der Waals surface area (Å²) in [4.78, 5) is 14.6. The van der Waals surface area contributed by atoms with Crippen molar-refractivity contribution in [1.82, 2.24) is 14.9 Å². The first-order chi connectivity index (χ1) is 12.3. The van der Waals surface area contributed by atoms with Gasteiger partial charge in [-0.3, -0.25) is 9.69 Å². The maximum Gasteiger partial charge on any atom is 0.234 e. The summed E-state index contributed by atoms with van der Waals surface area (Å²) in [6.45, 7) is 3.91. The fourth-order valence-corrected chi connectivity index (χ4v) is 4.45. The Bertz CT molecular complexity index is 721. The van der Waals surface area contributed by atoms with Crippen LogP contribution < -0.4 is 10.0 Å². The normalized spacial score (nSPS) is 20.7. The van der Waals surface area contributed by atoms with Crippen LogP contribution in [0.15, 0.2) is 24.3 Å². The molecule has 0 aromatic heterocycles. The van der Waals surface area contributed by atoms with Crippen LogP contribution in [0, 0.1) is 12.8 Å². The minimum atomic E-state index is -3.16. The van der Waals surface area contributed by atoms with Crippen LogP contribution in [-0.2, 0) is 14.8 Å². The molecule has 2 aliphatic rings. The van der Waals surface area contributed by atoms with Crippen molar-refractivity contribution >= 4 is 15.9 Å². The summed E-state index contributed by atoms with van der Waals surface area (Å²) in [5, 5.41) is 3.22. The second kappa shape index (κ2) is 8.06. The number of hydrogen-bond acceptors (Lipinski definition) is 4. The molecule has 2 fully saturated rings. The second-order valence-corrected chi connectivity index (χ2v) is 9.51. The Balaban J connectivity index is 1.49. The predicted octanol–water partition coefficient (Wildman–Crippen LogP) is 1.58. The lowest BCUT2D eigenvalue weighted by atomic mass is 10.0. The molecule has 7 heteroatoms. The number of likely N-dealkylation sites (tertiary alicyclic amines) is 1. The fourth-order valence-electron chi connectivity index (χ4n) is 3.61. The van der Waals surface area contributed by atoms with Gasteiger partial charge in [-0.2, -0.15) is 0 Å². The Labute approximate surface area is 156 Å². The molecule has 1 atom stereocenters. The van der Waals surface area contributed by atoms with E-state index in [1.54, 1.807) is 0 Å². The molecule has 0 spiro atoms. The van der Waals surface area contributed by atoms with Gasteiger partial charge in [-0.15, -0.1) is 0 Å². The fraction of sp³-hybridized carbons (Fsp3) is 0.632. The summed E-state index contributed by atoms with van der Waals surface area (Å²) in [5.41, 5.74) is 2.41. The van der Waals surface area contributed by atoms with E-state index < -0.39 is 10.0 Å². The average Bonchev–Trinajstić information content (AvgIpc) is 3.39. The van der Waals surface area contributed by atoms with Crippen molar-refractivity contribution in [2.75, 3.05) is 25.9 Å². The highest BCUT2D eigenvalue weighted by molar-refractivity contribution is 7.88. The van der Waals surface area contributed by atoms with E-state index in [1.165, 1.54) is 30.2 Å². The molecule has 1 aliphatic heterocycles. The molecule has 0 radical (unpaired) electrons. The van der Waals surface area contributed by atoms with Gasteiger partial charge in [0.1, 0.15) is 0 Å². The highest BCUT2D eigenvalue weighted by Gasteiger charge is 2.33. The number of sulfonamides is 1. The summed E-state index contributed by atoms with van der Waals surface area (Å²) >= 11 is 0. The zero-order valence-electron chi connectivity index (χ0n) is 15.6. The number of piperidine rings is 1. The van der Waals surface area contributed by atoms with Gasteiger partial charge >= 0.3 is 0 Å². The van der Waals surface area contributed by atoms with Gasteiger partial charge in [0.05, 0.1) is 18.8 Å². The lowest BCUT2D eigenvalue weighted by Gasteiger charge is -2.32. The molecule has 144 valence electrons. The van der Waals surface area contributed by atoms with Crippen molar-refractivity contribution in [2.45, 2.75) is 44.7 Å². The number of benzene rings is 1. The molecule has 1 aromatic carbocycles. The average molecular weight is 380 g/mol. The lowest BCUT2D eigenvalue weighted by molar-refractivity contribution is -0.123. The van der Waals surface area contributed by atoms with Gasteiger partial charge in [0.25, 0.3) is 0 Å². The molecule has 1 heterocycles. The monoisotopic (exact) mass is 379 g/mol. The Morgan fingerprint density at radius 2 is 1.77 bits per heavy atom. The molecular formula is C19H29N3O3S. The van der Waals surface area contributed by atoms with Crippen molar-refractivity contribution in [3.63, 3.8) is 0 Å². The quantitative estimate of drug-likeness (QED) is 0.754. The number of carbonyl (C=O) groups is 1. The second-order valence-electron chi connectivity index (χ2n) is 7.73. The van der Waals surface area contributed by atoms with Gasteiger partial charge in [0.15, 0.2) is 0 Å². The van der Waals surface area contributed by atoms with Crippen LogP contribution in [0.1, 0.15) is 42.9 Å². The van der Waals surface area contributed by atoms with Crippen molar-refractivity contribution < 1.29 is 13.2 Å². The van der Waals surface area contributed by atoms with Crippen molar-refractivity contribution in [3.8, 4) is 0 Å². The van der Waals surface area contributed by atoms with E-state index in [0.717, 1.165) is 25.9 Å². The van der Waals surface area contributed by atoms with Crippen molar-refractivity contribution in [3.05, 3.63) is 35.4 Å². The summed E-state index contributed by atoms with van der Waals surface area (Å²) < 4.78 is 25.3. The van der Waals surface area contributed by atoms with E-state index in [9.17, 15) is 13.2 Å². The van der Waals surface area contributed by atoms with Gasteiger partial charge in [0.2, 0.25) is 15.9 Å². The van der Waals surface area contributed by atoms with Crippen LogP contribution in [0.2, 0.25) is 0 Å². The summed E-state index contributed by atoms with van der Waals surface area (Å²) in [5.74, 6) is 0.600. The number of aryl methyl sites for hydroxylation is 1. The Morgan fingerprint density at radius 3 is 2.31 bits per heavy atom. The lowest BCUT2D eigenvalue weighted by Crippen LogP contribution is -2.47. The third-order valence-electron chi connectivity index (χ3n) is 5.18. The van der Waals surface area contributed by atoms with E-state index in [-0.39, 0.29) is 18.0 Å². The van der Waals surface area contributed by atoms with Crippen LogP contribution >= 0.6 is 0 Å². The van der Waals surface area contributed by atoms with Crippen LogP contribution in [0.5, 0.6) is 0 Å². The zero-order valence-corrected chi connectivity index (χ0v) is 16.4. The minimum Gasteiger partial charge on any atom is -0.348 e. The maximum atomic E-state index is 12.5. The van der Waals surface area contributed by atoms with Gasteiger partial charge in [-0.1, -0.05) is 29.8 Å². The van der Waals surface area contributed by atoms with Crippen LogP contribution in [0.25, 0.3) is 0 Å². The molecular weight excluding hydrogens is 350 g/mol. The number of carbonyl (C=O) groups excluding carboxylic acids is 1. The van der Waals surface area contributed by atoms with E-state index in [1.807, 2.05) is 0 Å². The molecule has 1 aromatic rings. The van der Waals surface area contributed by atoms with Crippen LogP contribution in [0.4, 0.5) is 0 Å². The maximum absolute atomic E-state index is 12.5. The number of nitrogens with one attached hydrogen (secondary N) is 2. The molecule has 1 unspecified atom stereocenters. The molecule has 1 amide bonds. The molecule has 26 heavy (non-hydrogen) atoms. The summed E-state index contributed by atoms with van der Waals surface area (Å²) in [6, 6.07) is 8.50. The molecule has 0 bridgehead atoms. The number of amides is 1. The molecule has 3 rings (SSSR count). The third-order valence-corrected chi connectivity index (χ3v) is 5.94. The Kier molecular flexibility index (Phi) is 5.99. The highest BCUT2D eigenvalue weighted by Crippen LogP contribution is 2.41. The predicted molar refractivity (Wildman–Crippen MR) is 102 cm³/mol. The summed E-state index contributed by atoms with van der Waals surface area (Å²) in [6.07, 6.45) is 5.01. The largest absolute Gasteiger partial charge is 0.348 e. The highest BCUT2D eigenvalue weighted by atomic mass is 32.2. The molecule has 1 aliphatic carbocycles. The standard InChI is InChI=1S/C19H29N3O3S/c1-14-3-5-15(6-4-14)19(16-7-8-16)20-18(23)13-22-11-9-17(10-12-22)21-26(2,24)25/h3-6,16-17,19,21H,7-13H2,1-2H3,(H,20,23). The number of nitrogens with zero attached hydrogens (tertiary/aromatic N) is 1. The van der Waals surface area contributed by atoms with Gasteiger partial charge < -0.3 is 5.32 Å². The Morgan fingerprint density at radius 1 is 1.15 bits per heavy atom. The van der Waals surface area contributed by atoms with Gasteiger partial charge in [0, 0.05) is 19.1 Å². The first-order valence-corrected chi connectivity index (χ1v) is 11.2. The van der Waals surface area contributed by atoms with E-state index >= 15 is 0 Å². The summed E-state index contributed by atoms with van der Waals surface area (Å²) in [7, 11) is -3.16. The first kappa shape index (κ1) is 19.3. The third kappa shape index (κ3) is 5.79. The first-order valence-electron chi connectivity index (χ1n) is 9.36. The molecule has 6 nitrogen and oxygen atoms in total. The number of rotatable bonds is 7. The van der Waals surface area contributed by atoms with Gasteiger partial charge in [-0.25, -0.2) is 13.1 Å². The van der Waals surface area contributed by atoms with Gasteiger partial charge in [-0.05, 0) is 44.1 Å². The van der Waals surface area contributed by atoms with Crippen molar-refractivity contribution in [2.24, 2.45) is 5.92 Å². The number of hydrogen-bond donors (Lipinski definition) is 2. The van der Waals surface area contributed by atoms with E-state index in [0.29, 0.717) is 12.5 Å². The van der Waals surface area contributed by atoms with Crippen LogP contribution in [-0.4, -0.2) is 51.2 Å². The molecule has 2 N–H and O–H groups in total. The van der Waals surface area contributed by atoms with Crippen molar-refractivity contribution in [1.29, 1.82) is 0 Å². The SMILES string of the molecule is Cc1ccc(C(NC(=O)CN2CCC(NS(C)(=O)=O)CC2)C2CC2)cc1. The topological polar surface area (TPSA) is 78.5 Å². The van der Waals surface area contributed by atoms with E-state index in [4.69, 9.17) is 0 Å². The minimum absolute atomic E-state index is 0.0175. The van der Waals surface area contributed by atoms with Crippen LogP contribution in [0.3, 0.4) is 0 Å².